The second kappa shape index (κ2) is 8.84. The molecule has 0 unspecified atom stereocenters. The maximum Gasteiger partial charge on any atom is 0.243 e. The van der Waals surface area contributed by atoms with Gasteiger partial charge in [-0.05, 0) is 31.2 Å². The molecule has 1 N–H and O–H groups in total. The third kappa shape index (κ3) is 5.29. The van der Waals surface area contributed by atoms with Crippen LogP contribution in [0, 0.1) is 6.92 Å². The summed E-state index contributed by atoms with van der Waals surface area (Å²) in [6, 6.07) is 16.3. The summed E-state index contributed by atoms with van der Waals surface area (Å²) in [6.45, 7) is 4.63. The highest BCUT2D eigenvalue weighted by atomic mass is 32.2. The van der Waals surface area contributed by atoms with Crippen LogP contribution in [0.15, 0.2) is 59.5 Å². The molecule has 6 nitrogen and oxygen atoms in total. The molecule has 27 heavy (non-hydrogen) atoms. The number of para-hydroxylation sites is 1. The van der Waals surface area contributed by atoms with E-state index in [2.05, 4.69) is 4.90 Å². The average molecular weight is 391 g/mol. The summed E-state index contributed by atoms with van der Waals surface area (Å²) in [6.07, 6.45) is -0.620. The van der Waals surface area contributed by atoms with Crippen LogP contribution < -0.4 is 4.74 Å². The molecular formula is C20H26N2O4S. The van der Waals surface area contributed by atoms with E-state index < -0.39 is 16.1 Å². The zero-order chi connectivity index (χ0) is 19.3. The molecule has 2 aromatic rings. The topological polar surface area (TPSA) is 70.1 Å². The van der Waals surface area contributed by atoms with Gasteiger partial charge in [0.15, 0.2) is 0 Å². The van der Waals surface area contributed by atoms with Gasteiger partial charge in [0.2, 0.25) is 10.0 Å². The molecule has 0 aliphatic carbocycles. The Hall–Kier alpha value is -1.93. The summed E-state index contributed by atoms with van der Waals surface area (Å²) < 4.78 is 32.5. The fourth-order valence-electron chi connectivity index (χ4n) is 3.07. The van der Waals surface area contributed by atoms with Gasteiger partial charge in [0.25, 0.3) is 0 Å². The molecule has 1 saturated heterocycles. The Bertz CT molecular complexity index is 817. The number of aliphatic hydroxyl groups excluding tert-OH is 1. The van der Waals surface area contributed by atoms with Gasteiger partial charge in [-0.2, -0.15) is 4.31 Å². The van der Waals surface area contributed by atoms with E-state index in [1.165, 1.54) is 4.31 Å². The summed E-state index contributed by atoms with van der Waals surface area (Å²) >= 11 is 0. The second-order valence-corrected chi connectivity index (χ2v) is 8.73. The largest absolute Gasteiger partial charge is 0.491 e. The lowest BCUT2D eigenvalue weighted by atomic mass is 10.2. The first-order valence-corrected chi connectivity index (χ1v) is 10.5. The first-order valence-electron chi connectivity index (χ1n) is 9.10. The van der Waals surface area contributed by atoms with Gasteiger partial charge in [-0.1, -0.05) is 35.9 Å². The molecule has 0 bridgehead atoms. The highest BCUT2D eigenvalue weighted by Crippen LogP contribution is 2.18. The molecule has 1 aliphatic rings. The normalized spacial score (nSPS) is 17.6. The molecule has 0 radical (unpaired) electrons. The zero-order valence-corrected chi connectivity index (χ0v) is 16.3. The Labute approximate surface area is 161 Å². The van der Waals surface area contributed by atoms with Crippen molar-refractivity contribution in [3.8, 4) is 5.75 Å². The number of rotatable bonds is 7. The van der Waals surface area contributed by atoms with Crippen molar-refractivity contribution in [1.82, 2.24) is 9.21 Å². The number of hydrogen-bond donors (Lipinski definition) is 1. The molecule has 0 saturated carbocycles. The smallest absolute Gasteiger partial charge is 0.243 e. The minimum atomic E-state index is -3.46. The summed E-state index contributed by atoms with van der Waals surface area (Å²) in [5, 5.41) is 10.2. The van der Waals surface area contributed by atoms with Gasteiger partial charge in [-0.25, -0.2) is 8.42 Å². The van der Waals surface area contributed by atoms with Crippen LogP contribution in [-0.4, -0.2) is 68.2 Å². The molecule has 1 fully saturated rings. The minimum Gasteiger partial charge on any atom is -0.491 e. The highest BCUT2D eigenvalue weighted by molar-refractivity contribution is 7.89. The first-order chi connectivity index (χ1) is 12.9. The lowest BCUT2D eigenvalue weighted by Crippen LogP contribution is -2.50. The lowest BCUT2D eigenvalue weighted by Gasteiger charge is -2.34. The van der Waals surface area contributed by atoms with Gasteiger partial charge in [0, 0.05) is 32.7 Å². The van der Waals surface area contributed by atoms with E-state index in [4.69, 9.17) is 4.74 Å². The molecule has 146 valence electrons. The molecule has 2 aromatic carbocycles. The summed E-state index contributed by atoms with van der Waals surface area (Å²) in [5.74, 6) is 0.727. The molecular weight excluding hydrogens is 364 g/mol. The predicted octanol–water partition coefficient (Wildman–Crippen LogP) is 1.74. The van der Waals surface area contributed by atoms with Crippen LogP contribution >= 0.6 is 0 Å². The van der Waals surface area contributed by atoms with Crippen LogP contribution in [0.5, 0.6) is 5.75 Å². The monoisotopic (exact) mass is 390 g/mol. The molecule has 0 aromatic heterocycles. The van der Waals surface area contributed by atoms with E-state index in [-0.39, 0.29) is 6.61 Å². The van der Waals surface area contributed by atoms with E-state index in [0.717, 1.165) is 11.3 Å². The third-order valence-electron chi connectivity index (χ3n) is 4.64. The van der Waals surface area contributed by atoms with Crippen molar-refractivity contribution in [3.63, 3.8) is 0 Å². The maximum atomic E-state index is 12.7. The van der Waals surface area contributed by atoms with Crippen LogP contribution in [0.2, 0.25) is 0 Å². The SMILES string of the molecule is Cc1ccc(S(=O)(=O)N2CCN(C[C@H](O)COc3ccccc3)CC2)cc1. The minimum absolute atomic E-state index is 0.214. The molecule has 1 atom stereocenters. The van der Waals surface area contributed by atoms with E-state index >= 15 is 0 Å². The van der Waals surface area contributed by atoms with Crippen LogP contribution in [0.25, 0.3) is 0 Å². The van der Waals surface area contributed by atoms with E-state index in [0.29, 0.717) is 37.6 Å². The Kier molecular flexibility index (Phi) is 6.49. The highest BCUT2D eigenvalue weighted by Gasteiger charge is 2.29. The number of aryl methyl sites for hydroxylation is 1. The van der Waals surface area contributed by atoms with Gasteiger partial charge in [0.05, 0.1) is 4.90 Å². The van der Waals surface area contributed by atoms with E-state index in [9.17, 15) is 13.5 Å². The van der Waals surface area contributed by atoms with Gasteiger partial charge in [0.1, 0.15) is 18.5 Å². The van der Waals surface area contributed by atoms with Crippen molar-refractivity contribution in [3.05, 3.63) is 60.2 Å². The van der Waals surface area contributed by atoms with Gasteiger partial charge in [-0.15, -0.1) is 0 Å². The Balaban J connectivity index is 1.47. The molecule has 3 rings (SSSR count). The first kappa shape index (κ1) is 19.8. The second-order valence-electron chi connectivity index (χ2n) is 6.80. The number of aliphatic hydroxyl groups is 1. The quantitative estimate of drug-likeness (QED) is 0.780. The van der Waals surface area contributed by atoms with Crippen LogP contribution in [0.4, 0.5) is 0 Å². The molecule has 0 spiro atoms. The van der Waals surface area contributed by atoms with Crippen molar-refractivity contribution in [2.24, 2.45) is 0 Å². The Morgan fingerprint density at radius 2 is 1.63 bits per heavy atom. The van der Waals surface area contributed by atoms with Crippen LogP contribution in [0.3, 0.4) is 0 Å². The number of sulfonamides is 1. The fourth-order valence-corrected chi connectivity index (χ4v) is 4.49. The summed E-state index contributed by atoms with van der Waals surface area (Å²) in [4.78, 5) is 2.40. The summed E-state index contributed by atoms with van der Waals surface area (Å²) in [5.41, 5.74) is 1.03. The number of ether oxygens (including phenoxy) is 1. The lowest BCUT2D eigenvalue weighted by molar-refractivity contribution is 0.0569. The van der Waals surface area contributed by atoms with Crippen molar-refractivity contribution < 1.29 is 18.3 Å². The van der Waals surface area contributed by atoms with E-state index in [1.54, 1.807) is 12.1 Å². The molecule has 1 heterocycles. The van der Waals surface area contributed by atoms with Gasteiger partial charge >= 0.3 is 0 Å². The van der Waals surface area contributed by atoms with Crippen molar-refractivity contribution in [2.75, 3.05) is 39.3 Å². The maximum absolute atomic E-state index is 12.7. The van der Waals surface area contributed by atoms with Gasteiger partial charge in [-0.3, -0.25) is 4.90 Å². The number of benzene rings is 2. The predicted molar refractivity (Wildman–Crippen MR) is 104 cm³/mol. The zero-order valence-electron chi connectivity index (χ0n) is 15.5. The van der Waals surface area contributed by atoms with Gasteiger partial charge < -0.3 is 9.84 Å². The van der Waals surface area contributed by atoms with Crippen molar-refractivity contribution in [1.29, 1.82) is 0 Å². The Morgan fingerprint density at radius 3 is 2.26 bits per heavy atom. The standard InChI is InChI=1S/C20H26N2O4S/c1-17-7-9-20(10-8-17)27(24,25)22-13-11-21(12-14-22)15-18(23)16-26-19-5-3-2-4-6-19/h2-10,18,23H,11-16H2,1H3/t18-/m0/s1. The Morgan fingerprint density at radius 1 is 1.00 bits per heavy atom. The van der Waals surface area contributed by atoms with Crippen molar-refractivity contribution >= 4 is 10.0 Å². The molecule has 0 amide bonds. The number of piperazine rings is 1. The van der Waals surface area contributed by atoms with Crippen LogP contribution in [0.1, 0.15) is 5.56 Å². The summed E-state index contributed by atoms with van der Waals surface area (Å²) in [7, 11) is -3.46. The average Bonchev–Trinajstić information content (AvgIpc) is 2.68. The molecule has 1 aliphatic heterocycles. The fraction of sp³-hybridized carbons (Fsp3) is 0.400. The van der Waals surface area contributed by atoms with Crippen molar-refractivity contribution in [2.45, 2.75) is 17.9 Å². The third-order valence-corrected chi connectivity index (χ3v) is 6.56. The molecule has 7 heteroatoms. The van der Waals surface area contributed by atoms with E-state index in [1.807, 2.05) is 49.4 Å². The number of nitrogens with zero attached hydrogens (tertiary/aromatic N) is 2. The number of hydrogen-bond acceptors (Lipinski definition) is 5. The number of β-amino-alcohol motifs (C(OH)–C–C–N with tert-alkyl or cyclic N) is 1. The van der Waals surface area contributed by atoms with Crippen LogP contribution in [-0.2, 0) is 10.0 Å².